The van der Waals surface area contributed by atoms with Gasteiger partial charge in [0.2, 0.25) is 0 Å². The maximum atomic E-state index is 5.77. The van der Waals surface area contributed by atoms with Crippen molar-refractivity contribution in [1.29, 1.82) is 0 Å². The normalized spacial score (nSPS) is 18.1. The zero-order valence-electron chi connectivity index (χ0n) is 13.2. The monoisotopic (exact) mass is 335 g/mol. The van der Waals surface area contributed by atoms with Crippen LogP contribution in [-0.4, -0.2) is 32.8 Å². The Labute approximate surface area is 143 Å². The van der Waals surface area contributed by atoms with E-state index < -0.39 is 0 Å². The molecular weight excluding hydrogens is 318 g/mol. The van der Waals surface area contributed by atoms with Crippen LogP contribution in [0.1, 0.15) is 12.8 Å². The molecule has 24 heavy (non-hydrogen) atoms. The number of imidazole rings is 1. The number of hydrogen-bond donors (Lipinski definition) is 0. The van der Waals surface area contributed by atoms with Crippen molar-refractivity contribution in [2.75, 3.05) is 12.4 Å². The van der Waals surface area contributed by atoms with E-state index in [2.05, 4.69) is 34.7 Å². The van der Waals surface area contributed by atoms with Gasteiger partial charge in [-0.2, -0.15) is 0 Å². The summed E-state index contributed by atoms with van der Waals surface area (Å²) in [6, 6.07) is 16.5. The molecule has 5 heteroatoms. The molecule has 1 atom stereocenters. The highest BCUT2D eigenvalue weighted by Gasteiger charge is 2.19. The number of ether oxygens (including phenoxy) is 1. The summed E-state index contributed by atoms with van der Waals surface area (Å²) in [4.78, 5) is 9.78. The Morgan fingerprint density at radius 2 is 1.88 bits per heavy atom. The molecule has 0 unspecified atom stereocenters. The van der Waals surface area contributed by atoms with Crippen LogP contribution in [0.2, 0.25) is 0 Å². The first kappa shape index (κ1) is 14.3. The van der Waals surface area contributed by atoms with Crippen LogP contribution >= 0.6 is 11.8 Å². The molecule has 0 aliphatic carbocycles. The van der Waals surface area contributed by atoms with Crippen LogP contribution in [0, 0.1) is 0 Å². The SMILES string of the molecule is c1ccc2c(c1)nc(SC[C@H]1CCCO1)n1c3ccccc3nc21. The third-order valence-electron chi connectivity index (χ3n) is 4.54. The molecule has 0 spiro atoms. The summed E-state index contributed by atoms with van der Waals surface area (Å²) in [5, 5.41) is 2.09. The third kappa shape index (κ3) is 2.27. The summed E-state index contributed by atoms with van der Waals surface area (Å²) in [6.07, 6.45) is 2.65. The summed E-state index contributed by atoms with van der Waals surface area (Å²) in [6.45, 7) is 0.889. The lowest BCUT2D eigenvalue weighted by Crippen LogP contribution is -2.09. The fourth-order valence-electron chi connectivity index (χ4n) is 3.35. The molecule has 5 rings (SSSR count). The number of para-hydroxylation sites is 3. The lowest BCUT2D eigenvalue weighted by atomic mass is 10.2. The predicted octanol–water partition coefficient (Wildman–Crippen LogP) is 4.31. The molecule has 3 heterocycles. The second-order valence-corrected chi connectivity index (χ2v) is 7.10. The molecule has 4 nitrogen and oxygen atoms in total. The number of rotatable bonds is 3. The first-order valence-corrected chi connectivity index (χ1v) is 9.29. The number of nitrogens with zero attached hydrogens (tertiary/aromatic N) is 3. The van der Waals surface area contributed by atoms with Crippen molar-refractivity contribution in [2.45, 2.75) is 24.1 Å². The van der Waals surface area contributed by atoms with Crippen molar-refractivity contribution in [1.82, 2.24) is 14.4 Å². The Hall–Kier alpha value is -2.11. The Balaban J connectivity index is 1.72. The number of thioether (sulfide) groups is 1. The first-order valence-electron chi connectivity index (χ1n) is 8.30. The Morgan fingerprint density at radius 1 is 1.04 bits per heavy atom. The number of benzene rings is 2. The van der Waals surface area contributed by atoms with E-state index in [0.29, 0.717) is 6.10 Å². The average Bonchev–Trinajstić information content (AvgIpc) is 3.27. The fourth-order valence-corrected chi connectivity index (χ4v) is 4.43. The predicted molar refractivity (Wildman–Crippen MR) is 97.7 cm³/mol. The molecule has 2 aromatic carbocycles. The topological polar surface area (TPSA) is 39.4 Å². The van der Waals surface area contributed by atoms with Crippen LogP contribution in [0.5, 0.6) is 0 Å². The van der Waals surface area contributed by atoms with Crippen molar-refractivity contribution in [3.63, 3.8) is 0 Å². The highest BCUT2D eigenvalue weighted by molar-refractivity contribution is 7.99. The van der Waals surface area contributed by atoms with Gasteiger partial charge < -0.3 is 4.74 Å². The average molecular weight is 335 g/mol. The van der Waals surface area contributed by atoms with Crippen molar-refractivity contribution >= 4 is 39.3 Å². The number of fused-ring (bicyclic) bond motifs is 5. The second-order valence-electron chi connectivity index (χ2n) is 6.12. The van der Waals surface area contributed by atoms with Gasteiger partial charge in [0.15, 0.2) is 5.16 Å². The number of aromatic nitrogens is 3. The summed E-state index contributed by atoms with van der Waals surface area (Å²) in [5.41, 5.74) is 4.10. The van der Waals surface area contributed by atoms with E-state index in [1.54, 1.807) is 11.8 Å². The van der Waals surface area contributed by atoms with E-state index in [-0.39, 0.29) is 0 Å². The minimum atomic E-state index is 0.341. The Morgan fingerprint density at radius 3 is 2.75 bits per heavy atom. The molecule has 1 aliphatic heterocycles. The van der Waals surface area contributed by atoms with Crippen molar-refractivity contribution in [3.05, 3.63) is 48.5 Å². The van der Waals surface area contributed by atoms with Gasteiger partial charge in [0.1, 0.15) is 5.65 Å². The zero-order valence-corrected chi connectivity index (χ0v) is 14.0. The quantitative estimate of drug-likeness (QED) is 0.413. The summed E-state index contributed by atoms with van der Waals surface area (Å²) in [5.74, 6) is 0.937. The minimum absolute atomic E-state index is 0.341. The molecule has 4 aromatic rings. The van der Waals surface area contributed by atoms with E-state index in [1.165, 1.54) is 6.42 Å². The van der Waals surface area contributed by atoms with E-state index in [0.717, 1.165) is 51.5 Å². The van der Waals surface area contributed by atoms with Gasteiger partial charge >= 0.3 is 0 Å². The molecule has 120 valence electrons. The lowest BCUT2D eigenvalue weighted by Gasteiger charge is -2.11. The highest BCUT2D eigenvalue weighted by Crippen LogP contribution is 2.30. The summed E-state index contributed by atoms with van der Waals surface area (Å²) in [7, 11) is 0. The molecule has 2 aromatic heterocycles. The summed E-state index contributed by atoms with van der Waals surface area (Å²) < 4.78 is 7.96. The van der Waals surface area contributed by atoms with Crippen LogP contribution < -0.4 is 0 Å². The molecular formula is C19H17N3OS. The van der Waals surface area contributed by atoms with Gasteiger partial charge in [0.05, 0.1) is 22.7 Å². The van der Waals surface area contributed by atoms with Gasteiger partial charge in [0, 0.05) is 17.7 Å². The molecule has 1 saturated heterocycles. The van der Waals surface area contributed by atoms with Crippen molar-refractivity contribution < 1.29 is 4.74 Å². The van der Waals surface area contributed by atoms with Gasteiger partial charge in [0.25, 0.3) is 0 Å². The van der Waals surface area contributed by atoms with E-state index in [4.69, 9.17) is 14.7 Å². The van der Waals surface area contributed by atoms with Gasteiger partial charge in [-0.15, -0.1) is 0 Å². The van der Waals surface area contributed by atoms with Crippen molar-refractivity contribution in [3.8, 4) is 0 Å². The van der Waals surface area contributed by atoms with E-state index in [9.17, 15) is 0 Å². The van der Waals surface area contributed by atoms with Gasteiger partial charge in [-0.05, 0) is 37.1 Å². The summed E-state index contributed by atoms with van der Waals surface area (Å²) >= 11 is 1.77. The zero-order chi connectivity index (χ0) is 15.9. The van der Waals surface area contributed by atoms with E-state index >= 15 is 0 Å². The highest BCUT2D eigenvalue weighted by atomic mass is 32.2. The molecule has 1 aliphatic rings. The lowest BCUT2D eigenvalue weighted by molar-refractivity contribution is 0.129. The van der Waals surface area contributed by atoms with Crippen LogP contribution in [0.15, 0.2) is 53.7 Å². The largest absolute Gasteiger partial charge is 0.377 e. The Bertz CT molecular complexity index is 1040. The van der Waals surface area contributed by atoms with Gasteiger partial charge in [-0.1, -0.05) is 36.0 Å². The van der Waals surface area contributed by atoms with Crippen molar-refractivity contribution in [2.24, 2.45) is 0 Å². The second kappa shape index (κ2) is 5.76. The fraction of sp³-hybridized carbons (Fsp3) is 0.263. The molecule has 1 fully saturated rings. The molecule has 0 amide bonds. The standard InChI is InChI=1S/C19H17N3OS/c1-2-8-15-14(7-1)18-20-16-9-3-4-10-17(16)22(18)19(21-15)24-12-13-6-5-11-23-13/h1-4,7-10,13H,5-6,11-12H2/t13-/m1/s1. The van der Waals surface area contributed by atoms with Crippen LogP contribution in [0.25, 0.3) is 27.6 Å². The van der Waals surface area contributed by atoms with Crippen LogP contribution in [-0.2, 0) is 4.74 Å². The van der Waals surface area contributed by atoms with Crippen LogP contribution in [0.4, 0.5) is 0 Å². The maximum absolute atomic E-state index is 5.77. The number of hydrogen-bond acceptors (Lipinski definition) is 4. The molecule has 0 radical (unpaired) electrons. The molecule has 0 saturated carbocycles. The molecule has 0 N–H and O–H groups in total. The van der Waals surface area contributed by atoms with Crippen LogP contribution in [0.3, 0.4) is 0 Å². The van der Waals surface area contributed by atoms with E-state index in [1.807, 2.05) is 18.2 Å². The maximum Gasteiger partial charge on any atom is 0.174 e. The van der Waals surface area contributed by atoms with Gasteiger partial charge in [-0.25, -0.2) is 9.97 Å². The first-order chi connectivity index (χ1) is 11.9. The van der Waals surface area contributed by atoms with Gasteiger partial charge in [-0.3, -0.25) is 4.40 Å². The smallest absolute Gasteiger partial charge is 0.174 e. The minimum Gasteiger partial charge on any atom is -0.377 e. The third-order valence-corrected chi connectivity index (χ3v) is 5.61. The molecule has 0 bridgehead atoms. The Kier molecular flexibility index (Phi) is 3.42.